The molecule has 0 bridgehead atoms. The number of aryl methyl sites for hydroxylation is 1. The summed E-state index contributed by atoms with van der Waals surface area (Å²) in [5, 5.41) is 10.7. The quantitative estimate of drug-likeness (QED) is 0.666. The van der Waals surface area contributed by atoms with Crippen molar-refractivity contribution >= 4 is 22.9 Å². The van der Waals surface area contributed by atoms with E-state index in [4.69, 9.17) is 16.9 Å². The number of rotatable bonds is 2. The fourth-order valence-electron chi connectivity index (χ4n) is 0.670. The molecule has 0 aliphatic heterocycles. The Morgan fingerprint density at radius 2 is 2.64 bits per heavy atom. The molecule has 1 aromatic heterocycles. The van der Waals surface area contributed by atoms with Crippen molar-refractivity contribution in [3.05, 3.63) is 16.1 Å². The average Bonchev–Trinajstić information content (AvgIpc) is 2.50. The molecule has 1 atom stereocenters. The molecule has 0 spiro atoms. The summed E-state index contributed by atoms with van der Waals surface area (Å²) in [6, 6.07) is 1.93. The lowest BCUT2D eigenvalue weighted by molar-refractivity contribution is 1.03. The summed E-state index contributed by atoms with van der Waals surface area (Å²) in [5.74, 6) is 0. The van der Waals surface area contributed by atoms with Gasteiger partial charge in [-0.25, -0.2) is 4.98 Å². The molecular formula is C7H7ClN2S. The van der Waals surface area contributed by atoms with Gasteiger partial charge in [0.05, 0.1) is 16.8 Å². The van der Waals surface area contributed by atoms with E-state index in [2.05, 4.69) is 4.98 Å². The number of hydrogen-bond acceptors (Lipinski definition) is 3. The molecule has 0 radical (unpaired) electrons. The van der Waals surface area contributed by atoms with E-state index in [1.807, 2.05) is 18.4 Å². The van der Waals surface area contributed by atoms with Crippen LogP contribution < -0.4 is 0 Å². The molecule has 58 valence electrons. The molecule has 2 nitrogen and oxygen atoms in total. The number of hydrogen-bond donors (Lipinski definition) is 0. The Labute approximate surface area is 74.4 Å². The highest BCUT2D eigenvalue weighted by Gasteiger charge is 2.09. The van der Waals surface area contributed by atoms with Gasteiger partial charge in [-0.05, 0) is 6.42 Å². The Morgan fingerprint density at radius 3 is 3.09 bits per heavy atom. The van der Waals surface area contributed by atoms with Crippen LogP contribution >= 0.6 is 22.9 Å². The molecule has 0 aliphatic carbocycles. The third kappa shape index (κ3) is 1.92. The summed E-state index contributed by atoms with van der Waals surface area (Å²) >= 11 is 7.19. The molecule has 1 unspecified atom stereocenters. The summed E-state index contributed by atoms with van der Waals surface area (Å²) in [6.45, 7) is 2.03. The van der Waals surface area contributed by atoms with Gasteiger partial charge in [0.15, 0.2) is 5.38 Å². The molecule has 0 aromatic carbocycles. The maximum atomic E-state index is 8.45. The highest BCUT2D eigenvalue weighted by molar-refractivity contribution is 7.09. The minimum atomic E-state index is -0.591. The predicted octanol–water partition coefficient (Wildman–Crippen LogP) is 2.51. The molecule has 11 heavy (non-hydrogen) atoms. The molecule has 0 aliphatic rings. The maximum absolute atomic E-state index is 8.45. The second kappa shape index (κ2) is 3.70. The maximum Gasteiger partial charge on any atom is 0.163 e. The smallest absolute Gasteiger partial charge is 0.163 e. The first kappa shape index (κ1) is 8.51. The van der Waals surface area contributed by atoms with Crippen LogP contribution in [-0.4, -0.2) is 4.98 Å². The summed E-state index contributed by atoms with van der Waals surface area (Å²) in [5.41, 5.74) is 0.677. The molecule has 1 aromatic rings. The molecule has 0 saturated heterocycles. The Kier molecular flexibility index (Phi) is 2.86. The lowest BCUT2D eigenvalue weighted by atomic mass is 10.4. The molecule has 0 amide bonds. The number of aromatic nitrogens is 1. The topological polar surface area (TPSA) is 36.7 Å². The van der Waals surface area contributed by atoms with Crippen LogP contribution in [0.1, 0.15) is 23.0 Å². The van der Waals surface area contributed by atoms with Crippen LogP contribution in [0.5, 0.6) is 0 Å². The van der Waals surface area contributed by atoms with Gasteiger partial charge in [0.1, 0.15) is 0 Å². The number of nitrogens with zero attached hydrogens (tertiary/aromatic N) is 2. The Morgan fingerprint density at radius 1 is 1.91 bits per heavy atom. The van der Waals surface area contributed by atoms with Gasteiger partial charge >= 0.3 is 0 Å². The fraction of sp³-hybridized carbons (Fsp3) is 0.429. The predicted molar refractivity (Wildman–Crippen MR) is 45.7 cm³/mol. The molecule has 1 rings (SSSR count). The minimum absolute atomic E-state index is 0.591. The Bertz CT molecular complexity index is 276. The first-order valence-electron chi connectivity index (χ1n) is 3.26. The van der Waals surface area contributed by atoms with Gasteiger partial charge in [0.2, 0.25) is 0 Å². The van der Waals surface area contributed by atoms with E-state index in [1.165, 1.54) is 0 Å². The minimum Gasteiger partial charge on any atom is -0.244 e. The Hall–Kier alpha value is -0.590. The van der Waals surface area contributed by atoms with Crippen molar-refractivity contribution in [3.63, 3.8) is 0 Å². The van der Waals surface area contributed by atoms with Gasteiger partial charge in [0, 0.05) is 5.38 Å². The normalized spacial score (nSPS) is 12.5. The van der Waals surface area contributed by atoms with Crippen molar-refractivity contribution in [2.45, 2.75) is 18.7 Å². The average molecular weight is 187 g/mol. The van der Waals surface area contributed by atoms with Gasteiger partial charge in [0.25, 0.3) is 0 Å². The van der Waals surface area contributed by atoms with E-state index in [-0.39, 0.29) is 0 Å². The van der Waals surface area contributed by atoms with Crippen LogP contribution in [0, 0.1) is 11.3 Å². The lowest BCUT2D eigenvalue weighted by Crippen LogP contribution is -1.86. The van der Waals surface area contributed by atoms with Gasteiger partial charge in [-0.3, -0.25) is 0 Å². The number of thiazole rings is 1. The second-order valence-electron chi connectivity index (χ2n) is 2.01. The number of nitriles is 1. The van der Waals surface area contributed by atoms with E-state index >= 15 is 0 Å². The SMILES string of the molecule is CCc1nc(C(Cl)C#N)cs1. The van der Waals surface area contributed by atoms with Crippen LogP contribution in [0.2, 0.25) is 0 Å². The molecule has 1 heterocycles. The summed E-state index contributed by atoms with van der Waals surface area (Å²) in [4.78, 5) is 4.16. The largest absolute Gasteiger partial charge is 0.244 e. The van der Waals surface area contributed by atoms with Crippen LogP contribution in [0.4, 0.5) is 0 Å². The number of halogens is 1. The standard InChI is InChI=1S/C7H7ClN2S/c1-2-7-10-6(4-11-7)5(8)3-9/h4-5H,2H2,1H3. The fourth-order valence-corrected chi connectivity index (χ4v) is 1.63. The van der Waals surface area contributed by atoms with Crippen LogP contribution in [-0.2, 0) is 6.42 Å². The molecule has 0 N–H and O–H groups in total. The molecule has 0 fully saturated rings. The summed E-state index contributed by atoms with van der Waals surface area (Å²) < 4.78 is 0. The highest BCUT2D eigenvalue weighted by atomic mass is 35.5. The third-order valence-electron chi connectivity index (χ3n) is 1.24. The van der Waals surface area contributed by atoms with Crippen molar-refractivity contribution < 1.29 is 0 Å². The van der Waals surface area contributed by atoms with Crippen LogP contribution in [0.15, 0.2) is 5.38 Å². The van der Waals surface area contributed by atoms with Gasteiger partial charge in [-0.15, -0.1) is 11.3 Å². The zero-order valence-electron chi connectivity index (χ0n) is 6.04. The van der Waals surface area contributed by atoms with E-state index in [0.717, 1.165) is 11.4 Å². The van der Waals surface area contributed by atoms with Crippen molar-refractivity contribution in [1.82, 2.24) is 4.98 Å². The summed E-state index contributed by atoms with van der Waals surface area (Å²) in [7, 11) is 0. The van der Waals surface area contributed by atoms with Crippen molar-refractivity contribution in [1.29, 1.82) is 5.26 Å². The monoisotopic (exact) mass is 186 g/mol. The molecule has 0 saturated carbocycles. The van der Waals surface area contributed by atoms with Crippen molar-refractivity contribution in [3.8, 4) is 6.07 Å². The van der Waals surface area contributed by atoms with E-state index in [9.17, 15) is 0 Å². The van der Waals surface area contributed by atoms with Crippen molar-refractivity contribution in [2.24, 2.45) is 0 Å². The first-order valence-corrected chi connectivity index (χ1v) is 4.57. The van der Waals surface area contributed by atoms with E-state index < -0.39 is 5.38 Å². The molecular weight excluding hydrogens is 180 g/mol. The van der Waals surface area contributed by atoms with Crippen molar-refractivity contribution in [2.75, 3.05) is 0 Å². The first-order chi connectivity index (χ1) is 5.27. The van der Waals surface area contributed by atoms with Crippen LogP contribution in [0.25, 0.3) is 0 Å². The lowest BCUT2D eigenvalue weighted by Gasteiger charge is -1.90. The van der Waals surface area contributed by atoms with Gasteiger partial charge < -0.3 is 0 Å². The Balaban J connectivity index is 2.82. The third-order valence-corrected chi connectivity index (χ3v) is 2.58. The summed E-state index contributed by atoms with van der Waals surface area (Å²) in [6.07, 6.45) is 0.902. The zero-order chi connectivity index (χ0) is 8.27. The second-order valence-corrected chi connectivity index (χ2v) is 3.39. The highest BCUT2D eigenvalue weighted by Crippen LogP contribution is 2.21. The number of alkyl halides is 1. The van der Waals surface area contributed by atoms with E-state index in [0.29, 0.717) is 5.69 Å². The van der Waals surface area contributed by atoms with Gasteiger partial charge in [-0.2, -0.15) is 5.26 Å². The van der Waals surface area contributed by atoms with Crippen LogP contribution in [0.3, 0.4) is 0 Å². The van der Waals surface area contributed by atoms with E-state index in [1.54, 1.807) is 11.3 Å². The zero-order valence-corrected chi connectivity index (χ0v) is 7.61. The molecule has 4 heteroatoms. The van der Waals surface area contributed by atoms with Gasteiger partial charge in [-0.1, -0.05) is 18.5 Å².